The van der Waals surface area contributed by atoms with Gasteiger partial charge in [-0.05, 0) is 43.5 Å². The fourth-order valence-corrected chi connectivity index (χ4v) is 6.01. The van der Waals surface area contributed by atoms with Gasteiger partial charge in [0.2, 0.25) is 0 Å². The minimum absolute atomic E-state index is 0.0970. The highest BCUT2D eigenvalue weighted by Crippen LogP contribution is 2.38. The van der Waals surface area contributed by atoms with E-state index < -0.39 is 5.54 Å². The van der Waals surface area contributed by atoms with E-state index in [9.17, 15) is 9.59 Å². The number of pyridine rings is 1. The Bertz CT molecular complexity index is 1130. The molecule has 0 radical (unpaired) electrons. The molecule has 0 atom stereocenters. The van der Waals surface area contributed by atoms with E-state index in [2.05, 4.69) is 16.0 Å². The molecule has 0 N–H and O–H groups in total. The largest absolute Gasteiger partial charge is 0.385 e. The third-order valence-corrected chi connectivity index (χ3v) is 7.80. The van der Waals surface area contributed by atoms with E-state index >= 15 is 0 Å². The Kier molecular flexibility index (Phi) is 6.58. The summed E-state index contributed by atoms with van der Waals surface area (Å²) in [5.74, 6) is -0.0970. The molecule has 0 unspecified atom stereocenters. The van der Waals surface area contributed by atoms with Crippen LogP contribution in [0.3, 0.4) is 0 Å². The monoisotopic (exact) mass is 479 g/mol. The van der Waals surface area contributed by atoms with Crippen molar-refractivity contribution in [3.63, 3.8) is 0 Å². The Morgan fingerprint density at radius 3 is 2.59 bits per heavy atom. The number of hydrogen-bond donors (Lipinski definition) is 0. The fourth-order valence-electron chi connectivity index (χ4n) is 5.00. The number of methoxy groups -OCH3 is 1. The number of thiazole rings is 1. The Morgan fingerprint density at radius 1 is 1.06 bits per heavy atom. The lowest BCUT2D eigenvalue weighted by atomic mass is 9.85. The smallest absolute Gasteiger partial charge is 0.328 e. The topological polar surface area (TPSA) is 78.9 Å². The number of urea groups is 1. The standard InChI is InChI=1S/C25H29N5O3S/c1-33-16-6-13-30-24(32)29(17-19-7-4-5-12-26-19)23(31)25(30)10-14-28(15-11-25)18-22-27-20-8-2-3-9-21(20)34-22/h2-5,7-9,12H,6,10-11,13-18H2,1H3. The van der Waals surface area contributed by atoms with Crippen molar-refractivity contribution < 1.29 is 14.3 Å². The second kappa shape index (κ2) is 9.77. The van der Waals surface area contributed by atoms with Crippen molar-refractivity contribution in [2.75, 3.05) is 33.4 Å². The third kappa shape index (κ3) is 4.31. The van der Waals surface area contributed by atoms with Gasteiger partial charge in [0.15, 0.2) is 0 Å². The number of imide groups is 1. The summed E-state index contributed by atoms with van der Waals surface area (Å²) in [6.07, 6.45) is 3.62. The summed E-state index contributed by atoms with van der Waals surface area (Å²) in [7, 11) is 1.65. The Morgan fingerprint density at radius 2 is 1.85 bits per heavy atom. The van der Waals surface area contributed by atoms with Gasteiger partial charge in [-0.3, -0.25) is 19.6 Å². The molecule has 4 heterocycles. The van der Waals surface area contributed by atoms with Crippen molar-refractivity contribution in [2.24, 2.45) is 0 Å². The number of para-hydroxylation sites is 1. The van der Waals surface area contributed by atoms with Gasteiger partial charge in [0.05, 0.1) is 29.0 Å². The maximum absolute atomic E-state index is 13.7. The minimum atomic E-state index is -0.788. The van der Waals surface area contributed by atoms with Crippen LogP contribution < -0.4 is 0 Å². The van der Waals surface area contributed by atoms with Crippen LogP contribution in [0.15, 0.2) is 48.7 Å². The highest BCUT2D eigenvalue weighted by atomic mass is 32.1. The number of amides is 3. The Balaban J connectivity index is 1.32. The van der Waals surface area contributed by atoms with Crippen molar-refractivity contribution in [3.8, 4) is 0 Å². The number of rotatable bonds is 8. The molecule has 0 aliphatic carbocycles. The molecule has 1 spiro atoms. The molecule has 34 heavy (non-hydrogen) atoms. The molecule has 2 aliphatic rings. The second-order valence-corrected chi connectivity index (χ2v) is 9.99. The normalized spacial score (nSPS) is 18.5. The van der Waals surface area contributed by atoms with Crippen LogP contribution in [-0.4, -0.2) is 75.5 Å². The summed E-state index contributed by atoms with van der Waals surface area (Å²) in [5, 5.41) is 1.08. The van der Waals surface area contributed by atoms with Gasteiger partial charge < -0.3 is 9.64 Å². The number of ether oxygens (including phenoxy) is 1. The molecule has 0 saturated carbocycles. The number of piperidine rings is 1. The van der Waals surface area contributed by atoms with Crippen LogP contribution in [0.1, 0.15) is 30.0 Å². The van der Waals surface area contributed by atoms with Gasteiger partial charge >= 0.3 is 6.03 Å². The highest BCUT2D eigenvalue weighted by Gasteiger charge is 2.57. The number of nitrogens with zero attached hydrogens (tertiary/aromatic N) is 5. The van der Waals surface area contributed by atoms with Crippen LogP contribution in [0.4, 0.5) is 4.79 Å². The molecular formula is C25H29N5O3S. The van der Waals surface area contributed by atoms with E-state index in [1.807, 2.05) is 36.4 Å². The molecule has 0 bridgehead atoms. The zero-order valence-corrected chi connectivity index (χ0v) is 20.2. The highest BCUT2D eigenvalue weighted by molar-refractivity contribution is 7.18. The van der Waals surface area contributed by atoms with Crippen LogP contribution in [0, 0.1) is 0 Å². The van der Waals surface area contributed by atoms with Crippen molar-refractivity contribution in [2.45, 2.75) is 37.9 Å². The molecule has 8 nitrogen and oxygen atoms in total. The number of hydrogen-bond acceptors (Lipinski definition) is 7. The predicted octanol–water partition coefficient (Wildman–Crippen LogP) is 3.53. The summed E-state index contributed by atoms with van der Waals surface area (Å²) in [6, 6.07) is 13.5. The van der Waals surface area contributed by atoms with Crippen molar-refractivity contribution in [3.05, 3.63) is 59.4 Å². The van der Waals surface area contributed by atoms with Gasteiger partial charge in [-0.1, -0.05) is 18.2 Å². The number of carbonyl (C=O) groups excluding carboxylic acids is 2. The fraction of sp³-hybridized carbons (Fsp3) is 0.440. The molecule has 1 aromatic carbocycles. The lowest BCUT2D eigenvalue weighted by molar-refractivity contribution is -0.136. The van der Waals surface area contributed by atoms with E-state index in [-0.39, 0.29) is 18.5 Å². The number of benzene rings is 1. The first-order chi connectivity index (χ1) is 16.6. The van der Waals surface area contributed by atoms with Crippen molar-refractivity contribution >= 4 is 33.5 Å². The summed E-state index contributed by atoms with van der Waals surface area (Å²) < 4.78 is 6.40. The van der Waals surface area contributed by atoms with Crippen molar-refractivity contribution in [1.29, 1.82) is 0 Å². The molecule has 9 heteroatoms. The second-order valence-electron chi connectivity index (χ2n) is 8.88. The Labute approximate surface area is 203 Å². The molecule has 2 aromatic heterocycles. The average molecular weight is 480 g/mol. The SMILES string of the molecule is COCCCN1C(=O)N(Cc2ccccn2)C(=O)C12CCN(Cc1nc3ccccc3s1)CC2. The number of fused-ring (bicyclic) bond motifs is 1. The maximum atomic E-state index is 13.7. The van der Waals surface area contributed by atoms with Crippen LogP contribution in [0.5, 0.6) is 0 Å². The summed E-state index contributed by atoms with van der Waals surface area (Å²) in [5.41, 5.74) is 0.956. The van der Waals surface area contributed by atoms with Crippen LogP contribution in [-0.2, 0) is 22.6 Å². The zero-order chi connectivity index (χ0) is 23.5. The number of carbonyl (C=O) groups is 2. The van der Waals surface area contributed by atoms with E-state index in [1.165, 1.54) is 9.60 Å². The number of likely N-dealkylation sites (tertiary alicyclic amines) is 1. The first kappa shape index (κ1) is 22.9. The molecule has 5 rings (SSSR count). The third-order valence-electron chi connectivity index (χ3n) is 6.78. The lowest BCUT2D eigenvalue weighted by Gasteiger charge is -2.42. The van der Waals surface area contributed by atoms with Gasteiger partial charge in [-0.2, -0.15) is 0 Å². The zero-order valence-electron chi connectivity index (χ0n) is 19.4. The van der Waals surface area contributed by atoms with Crippen LogP contribution >= 0.6 is 11.3 Å². The molecule has 2 saturated heterocycles. The molecule has 178 valence electrons. The van der Waals surface area contributed by atoms with Gasteiger partial charge in [0.1, 0.15) is 10.5 Å². The first-order valence-corrected chi connectivity index (χ1v) is 12.5. The lowest BCUT2D eigenvalue weighted by Crippen LogP contribution is -2.56. The van der Waals surface area contributed by atoms with Gasteiger partial charge in [-0.15, -0.1) is 11.3 Å². The molecular weight excluding hydrogens is 450 g/mol. The summed E-state index contributed by atoms with van der Waals surface area (Å²) in [4.78, 5) is 41.7. The summed E-state index contributed by atoms with van der Waals surface area (Å²) in [6.45, 7) is 3.52. The molecule has 3 aromatic rings. The molecule has 2 aliphatic heterocycles. The average Bonchev–Trinajstić information content (AvgIpc) is 3.35. The van der Waals surface area contributed by atoms with E-state index in [0.29, 0.717) is 38.1 Å². The Hall–Kier alpha value is -2.88. The maximum Gasteiger partial charge on any atom is 0.328 e. The van der Waals surface area contributed by atoms with E-state index in [1.54, 1.807) is 29.5 Å². The van der Waals surface area contributed by atoms with E-state index in [0.717, 1.165) is 30.2 Å². The molecule has 3 amide bonds. The van der Waals surface area contributed by atoms with Gasteiger partial charge in [0.25, 0.3) is 5.91 Å². The van der Waals surface area contributed by atoms with Gasteiger partial charge in [-0.25, -0.2) is 9.78 Å². The summed E-state index contributed by atoms with van der Waals surface area (Å²) >= 11 is 1.72. The quantitative estimate of drug-likeness (QED) is 0.363. The minimum Gasteiger partial charge on any atom is -0.385 e. The van der Waals surface area contributed by atoms with Crippen LogP contribution in [0.25, 0.3) is 10.2 Å². The molecule has 2 fully saturated rings. The predicted molar refractivity (Wildman–Crippen MR) is 130 cm³/mol. The number of aromatic nitrogens is 2. The van der Waals surface area contributed by atoms with E-state index in [4.69, 9.17) is 9.72 Å². The first-order valence-electron chi connectivity index (χ1n) is 11.7. The van der Waals surface area contributed by atoms with Crippen LogP contribution in [0.2, 0.25) is 0 Å². The van der Waals surface area contributed by atoms with Crippen molar-refractivity contribution in [1.82, 2.24) is 24.7 Å². The van der Waals surface area contributed by atoms with Gasteiger partial charge in [0, 0.05) is 39.5 Å².